The van der Waals surface area contributed by atoms with E-state index in [1.807, 2.05) is 13.8 Å². The summed E-state index contributed by atoms with van der Waals surface area (Å²) in [5.74, 6) is 1.56. The highest BCUT2D eigenvalue weighted by atomic mass is 32.2. The fourth-order valence-corrected chi connectivity index (χ4v) is 3.56. The summed E-state index contributed by atoms with van der Waals surface area (Å²) in [7, 11) is 0. The molecule has 0 saturated carbocycles. The Morgan fingerprint density at radius 1 is 1.45 bits per heavy atom. The van der Waals surface area contributed by atoms with Gasteiger partial charge < -0.3 is 5.32 Å². The predicted octanol–water partition coefficient (Wildman–Crippen LogP) is 2.57. The van der Waals surface area contributed by atoms with Gasteiger partial charge in [0, 0.05) is 24.8 Å². The van der Waals surface area contributed by atoms with E-state index >= 15 is 0 Å². The van der Waals surface area contributed by atoms with Crippen LogP contribution in [-0.2, 0) is 4.79 Å². The maximum atomic E-state index is 12.3. The van der Waals surface area contributed by atoms with Crippen LogP contribution < -0.4 is 10.9 Å². The quantitative estimate of drug-likeness (QED) is 0.817. The van der Waals surface area contributed by atoms with E-state index in [1.54, 1.807) is 22.4 Å². The highest BCUT2D eigenvalue weighted by Gasteiger charge is 2.27. The van der Waals surface area contributed by atoms with Gasteiger partial charge >= 0.3 is 0 Å². The number of amides is 1. The molecule has 1 aliphatic heterocycles. The smallest absolute Gasteiger partial charge is 0.254 e. The number of hydrogen-bond donors (Lipinski definition) is 1. The lowest BCUT2D eigenvalue weighted by molar-refractivity contribution is -0.121. The van der Waals surface area contributed by atoms with Crippen molar-refractivity contribution in [1.82, 2.24) is 14.9 Å². The standard InChI is InChI=1S/C16H25N3O2S/c1-10(2)5-6-17-14(20)7-12-9-22-16-18-13(11(3)4)8-15(21)19(12)16/h8,10-12H,5-7,9H2,1-4H3,(H,17,20). The lowest BCUT2D eigenvalue weighted by Gasteiger charge is -2.14. The summed E-state index contributed by atoms with van der Waals surface area (Å²) >= 11 is 1.56. The minimum absolute atomic E-state index is 0.0129. The Hall–Kier alpha value is -1.30. The molecule has 1 atom stereocenters. The molecule has 5 nitrogen and oxygen atoms in total. The first kappa shape index (κ1) is 17.1. The molecule has 6 heteroatoms. The number of carbonyl (C=O) groups excluding carboxylic acids is 1. The topological polar surface area (TPSA) is 64.0 Å². The Labute approximate surface area is 135 Å². The molecule has 122 valence electrons. The summed E-state index contributed by atoms with van der Waals surface area (Å²) in [6.07, 6.45) is 1.32. The van der Waals surface area contributed by atoms with Crippen molar-refractivity contribution < 1.29 is 4.79 Å². The molecule has 1 aromatic rings. The zero-order chi connectivity index (χ0) is 16.3. The Morgan fingerprint density at radius 2 is 2.18 bits per heavy atom. The van der Waals surface area contributed by atoms with Gasteiger partial charge in [-0.15, -0.1) is 0 Å². The first-order valence-electron chi connectivity index (χ1n) is 7.91. The van der Waals surface area contributed by atoms with E-state index in [9.17, 15) is 9.59 Å². The molecule has 0 spiro atoms. The van der Waals surface area contributed by atoms with Gasteiger partial charge in [0.15, 0.2) is 5.16 Å². The summed E-state index contributed by atoms with van der Waals surface area (Å²) in [6, 6.07) is 1.52. The van der Waals surface area contributed by atoms with Crippen LogP contribution in [0.4, 0.5) is 0 Å². The van der Waals surface area contributed by atoms with E-state index in [-0.39, 0.29) is 23.4 Å². The molecule has 1 N–H and O–H groups in total. The van der Waals surface area contributed by atoms with Gasteiger partial charge in [-0.3, -0.25) is 14.2 Å². The minimum Gasteiger partial charge on any atom is -0.356 e. The lowest BCUT2D eigenvalue weighted by Crippen LogP contribution is -2.31. The highest BCUT2D eigenvalue weighted by molar-refractivity contribution is 7.99. The van der Waals surface area contributed by atoms with Gasteiger partial charge in [-0.1, -0.05) is 39.5 Å². The van der Waals surface area contributed by atoms with Crippen LogP contribution in [-0.4, -0.2) is 27.8 Å². The number of aromatic nitrogens is 2. The molecule has 2 rings (SSSR count). The van der Waals surface area contributed by atoms with Crippen molar-refractivity contribution in [2.24, 2.45) is 5.92 Å². The van der Waals surface area contributed by atoms with Crippen molar-refractivity contribution in [2.75, 3.05) is 12.3 Å². The average Bonchev–Trinajstić information content (AvgIpc) is 2.81. The largest absolute Gasteiger partial charge is 0.356 e. The number of nitrogens with one attached hydrogen (secondary N) is 1. The lowest BCUT2D eigenvalue weighted by atomic mass is 10.1. The van der Waals surface area contributed by atoms with Crippen LogP contribution in [0.5, 0.6) is 0 Å². The minimum atomic E-state index is -0.0831. The molecule has 2 heterocycles. The van der Waals surface area contributed by atoms with Gasteiger partial charge in [0.1, 0.15) is 0 Å². The van der Waals surface area contributed by atoms with Crippen molar-refractivity contribution in [3.05, 3.63) is 22.1 Å². The monoisotopic (exact) mass is 323 g/mol. The second-order valence-corrected chi connectivity index (χ2v) is 7.52. The molecule has 22 heavy (non-hydrogen) atoms. The maximum absolute atomic E-state index is 12.3. The van der Waals surface area contributed by atoms with Crippen molar-refractivity contribution in [2.45, 2.75) is 57.7 Å². The predicted molar refractivity (Wildman–Crippen MR) is 89.4 cm³/mol. The van der Waals surface area contributed by atoms with Crippen LogP contribution in [0.15, 0.2) is 16.0 Å². The first-order valence-corrected chi connectivity index (χ1v) is 8.90. The van der Waals surface area contributed by atoms with E-state index in [1.165, 1.54) is 0 Å². The molecule has 0 saturated heterocycles. The van der Waals surface area contributed by atoms with E-state index in [0.29, 0.717) is 18.9 Å². The van der Waals surface area contributed by atoms with Crippen molar-refractivity contribution in [3.63, 3.8) is 0 Å². The summed E-state index contributed by atoms with van der Waals surface area (Å²) in [4.78, 5) is 28.9. The Kier molecular flexibility index (Phi) is 5.67. The number of hydrogen-bond acceptors (Lipinski definition) is 4. The Bertz CT molecular complexity index is 596. The maximum Gasteiger partial charge on any atom is 0.254 e. The van der Waals surface area contributed by atoms with E-state index < -0.39 is 0 Å². The van der Waals surface area contributed by atoms with Gasteiger partial charge in [-0.25, -0.2) is 4.98 Å². The third kappa shape index (κ3) is 4.12. The molecule has 1 aromatic heterocycles. The number of carbonyl (C=O) groups is 1. The third-order valence-electron chi connectivity index (χ3n) is 3.77. The van der Waals surface area contributed by atoms with Gasteiger partial charge in [0.25, 0.3) is 5.56 Å². The summed E-state index contributed by atoms with van der Waals surface area (Å²) < 4.78 is 1.68. The zero-order valence-corrected chi connectivity index (χ0v) is 14.6. The third-order valence-corrected chi connectivity index (χ3v) is 4.86. The zero-order valence-electron chi connectivity index (χ0n) is 13.8. The average molecular weight is 323 g/mol. The summed E-state index contributed by atoms with van der Waals surface area (Å²) in [5.41, 5.74) is 0.782. The summed E-state index contributed by atoms with van der Waals surface area (Å²) in [6.45, 7) is 9.01. The Balaban J connectivity index is 2.03. The molecule has 1 unspecified atom stereocenters. The van der Waals surface area contributed by atoms with E-state index in [0.717, 1.165) is 23.0 Å². The summed E-state index contributed by atoms with van der Waals surface area (Å²) in [5, 5.41) is 3.68. The molecular formula is C16H25N3O2S. The van der Waals surface area contributed by atoms with E-state index in [2.05, 4.69) is 24.1 Å². The fraction of sp³-hybridized carbons (Fsp3) is 0.688. The highest BCUT2D eigenvalue weighted by Crippen LogP contribution is 2.32. The normalized spacial score (nSPS) is 17.1. The molecule has 0 aromatic carbocycles. The van der Waals surface area contributed by atoms with E-state index in [4.69, 9.17) is 0 Å². The second-order valence-electron chi connectivity index (χ2n) is 6.53. The van der Waals surface area contributed by atoms with Crippen LogP contribution in [0.3, 0.4) is 0 Å². The number of rotatable bonds is 6. The van der Waals surface area contributed by atoms with Crippen molar-refractivity contribution in [1.29, 1.82) is 0 Å². The van der Waals surface area contributed by atoms with Crippen molar-refractivity contribution >= 4 is 17.7 Å². The second kappa shape index (κ2) is 7.31. The Morgan fingerprint density at radius 3 is 2.82 bits per heavy atom. The number of nitrogens with zero attached hydrogens (tertiary/aromatic N) is 2. The van der Waals surface area contributed by atoms with Crippen LogP contribution in [0.2, 0.25) is 0 Å². The van der Waals surface area contributed by atoms with Crippen LogP contribution in [0.1, 0.15) is 58.2 Å². The van der Waals surface area contributed by atoms with Gasteiger partial charge in [0.2, 0.25) is 5.91 Å². The van der Waals surface area contributed by atoms with Crippen molar-refractivity contribution in [3.8, 4) is 0 Å². The SMILES string of the molecule is CC(C)CCNC(=O)CC1CSc2nc(C(C)C)cc(=O)n21. The molecular weight excluding hydrogens is 298 g/mol. The van der Waals surface area contributed by atoms with Crippen LogP contribution in [0.25, 0.3) is 0 Å². The number of fused-ring (bicyclic) bond motifs is 1. The first-order chi connectivity index (χ1) is 10.4. The molecule has 0 bridgehead atoms. The molecule has 0 fully saturated rings. The molecule has 0 aliphatic carbocycles. The van der Waals surface area contributed by atoms with Gasteiger partial charge in [0.05, 0.1) is 11.7 Å². The van der Waals surface area contributed by atoms with Crippen LogP contribution in [0, 0.1) is 5.92 Å². The molecule has 0 radical (unpaired) electrons. The molecule has 1 amide bonds. The fourth-order valence-electron chi connectivity index (χ4n) is 2.40. The number of thioether (sulfide) groups is 1. The van der Waals surface area contributed by atoms with Gasteiger partial charge in [-0.05, 0) is 18.3 Å². The molecule has 1 aliphatic rings. The van der Waals surface area contributed by atoms with Crippen LogP contribution >= 0.6 is 11.8 Å². The van der Waals surface area contributed by atoms with Gasteiger partial charge in [-0.2, -0.15) is 0 Å².